The number of hydrogen-bond acceptors (Lipinski definition) is 6. The second-order valence-corrected chi connectivity index (χ2v) is 11.1. The van der Waals surface area contributed by atoms with Crippen LogP contribution in [0.5, 0.6) is 0 Å². The summed E-state index contributed by atoms with van der Waals surface area (Å²) < 4.78 is 75.0. The van der Waals surface area contributed by atoms with Gasteiger partial charge < -0.3 is 9.73 Å². The Labute approximate surface area is 226 Å². The summed E-state index contributed by atoms with van der Waals surface area (Å²) in [5.74, 6) is -1.42. The normalized spacial score (nSPS) is 13.5. The molecule has 1 aromatic heterocycles. The Morgan fingerprint density at radius 1 is 1.12 bits per heavy atom. The van der Waals surface area contributed by atoms with E-state index in [0.717, 1.165) is 31.0 Å². The van der Waals surface area contributed by atoms with Crippen LogP contribution in [-0.4, -0.2) is 26.3 Å². The molecule has 1 saturated carbocycles. The Bertz CT molecular complexity index is 1750. The van der Waals surface area contributed by atoms with Crippen molar-refractivity contribution in [1.29, 1.82) is 0 Å². The molecule has 0 aliphatic heterocycles. The first-order chi connectivity index (χ1) is 19.0. The van der Waals surface area contributed by atoms with E-state index < -0.39 is 50.1 Å². The van der Waals surface area contributed by atoms with E-state index in [9.17, 15) is 36.5 Å². The van der Waals surface area contributed by atoms with E-state index in [2.05, 4.69) is 10.0 Å². The summed E-state index contributed by atoms with van der Waals surface area (Å²) in [7, 11) is -2.71. The number of benzene rings is 3. The molecule has 0 bridgehead atoms. The molecule has 0 atom stereocenters. The van der Waals surface area contributed by atoms with E-state index in [1.165, 1.54) is 37.4 Å². The fourth-order valence-electron chi connectivity index (χ4n) is 4.59. The number of fused-ring (bicyclic) bond motifs is 1. The van der Waals surface area contributed by atoms with Crippen LogP contribution < -0.4 is 10.0 Å². The standard InChI is InChI=1S/C27H22F3N3O6S/c1-31-27(34)24-20-11-18(15-3-4-15)21(12-23(20)39-25(24)16-5-7-17(28)8-6-16)32-40(37,38)13-14-2-9-22(33(35)36)19(10-14)26(29)30/h2,5-12,15,26,32H,3-4,13H2,1H3,(H,31,34). The first-order valence-corrected chi connectivity index (χ1v) is 13.8. The topological polar surface area (TPSA) is 132 Å². The average Bonchev–Trinajstić information content (AvgIpc) is 3.68. The van der Waals surface area contributed by atoms with Crippen LogP contribution in [0.15, 0.2) is 59.0 Å². The summed E-state index contributed by atoms with van der Waals surface area (Å²) >= 11 is 0. The molecule has 1 aliphatic rings. The van der Waals surface area contributed by atoms with Crippen LogP contribution in [0.2, 0.25) is 0 Å². The SMILES string of the molecule is CNC(=O)c1c(-c2ccc(F)cc2)oc2cc(NS(=O)(=O)Cc3ccc([N+](=O)[O-])c(C(F)F)c3)c(C3CC3)cc12. The summed E-state index contributed by atoms with van der Waals surface area (Å²) in [5, 5.41) is 14.1. The minimum absolute atomic E-state index is 0.0219. The van der Waals surface area contributed by atoms with Gasteiger partial charge in [0.1, 0.15) is 17.2 Å². The number of alkyl halides is 2. The van der Waals surface area contributed by atoms with Gasteiger partial charge in [0.25, 0.3) is 18.0 Å². The lowest BCUT2D eigenvalue weighted by molar-refractivity contribution is -0.386. The van der Waals surface area contributed by atoms with Crippen molar-refractivity contribution in [2.45, 2.75) is 30.9 Å². The van der Waals surface area contributed by atoms with E-state index in [0.29, 0.717) is 16.5 Å². The smallest absolute Gasteiger partial charge is 0.278 e. The first kappa shape index (κ1) is 27.2. The van der Waals surface area contributed by atoms with Crippen LogP contribution in [0, 0.1) is 15.9 Å². The van der Waals surface area contributed by atoms with Gasteiger partial charge in [-0.05, 0) is 66.3 Å². The zero-order valence-corrected chi connectivity index (χ0v) is 21.7. The number of anilines is 1. The number of furan rings is 1. The Hall–Kier alpha value is -4.39. The fourth-order valence-corrected chi connectivity index (χ4v) is 5.80. The predicted octanol–water partition coefficient (Wildman–Crippen LogP) is 6.26. The minimum atomic E-state index is -4.17. The molecule has 0 saturated heterocycles. The number of amides is 1. The average molecular weight is 574 g/mol. The van der Waals surface area contributed by atoms with Gasteiger partial charge in [0.05, 0.1) is 27.5 Å². The van der Waals surface area contributed by atoms with Crippen molar-refractivity contribution in [3.63, 3.8) is 0 Å². The summed E-state index contributed by atoms with van der Waals surface area (Å²) in [6.45, 7) is 0. The molecule has 40 heavy (non-hydrogen) atoms. The zero-order valence-electron chi connectivity index (χ0n) is 20.9. The van der Waals surface area contributed by atoms with Crippen molar-refractivity contribution in [2.24, 2.45) is 0 Å². The molecule has 0 radical (unpaired) electrons. The van der Waals surface area contributed by atoms with Crippen molar-refractivity contribution in [2.75, 3.05) is 11.8 Å². The molecule has 13 heteroatoms. The molecule has 0 spiro atoms. The lowest BCUT2D eigenvalue weighted by Crippen LogP contribution is -2.18. The van der Waals surface area contributed by atoms with E-state index >= 15 is 0 Å². The zero-order chi connectivity index (χ0) is 28.8. The molecule has 2 N–H and O–H groups in total. The third-order valence-electron chi connectivity index (χ3n) is 6.58. The van der Waals surface area contributed by atoms with Gasteiger partial charge in [-0.15, -0.1) is 0 Å². The van der Waals surface area contributed by atoms with Gasteiger partial charge >= 0.3 is 0 Å². The van der Waals surface area contributed by atoms with E-state index in [1.54, 1.807) is 6.07 Å². The summed E-state index contributed by atoms with van der Waals surface area (Å²) in [4.78, 5) is 23.0. The van der Waals surface area contributed by atoms with Gasteiger partial charge in [0, 0.05) is 30.1 Å². The largest absolute Gasteiger partial charge is 0.455 e. The highest BCUT2D eigenvalue weighted by Crippen LogP contribution is 2.47. The third kappa shape index (κ3) is 5.37. The fraction of sp³-hybridized carbons (Fsp3) is 0.222. The summed E-state index contributed by atoms with van der Waals surface area (Å²) in [6, 6.07) is 11.3. The second kappa shape index (κ2) is 10.3. The number of carbonyl (C=O) groups is 1. The highest BCUT2D eigenvalue weighted by molar-refractivity contribution is 7.91. The number of carbonyl (C=O) groups excluding carboxylic acids is 1. The highest BCUT2D eigenvalue weighted by Gasteiger charge is 2.31. The summed E-state index contributed by atoms with van der Waals surface area (Å²) in [6.07, 6.45) is -1.58. The van der Waals surface area contributed by atoms with E-state index in [-0.39, 0.29) is 34.1 Å². The molecule has 9 nitrogen and oxygen atoms in total. The number of halogens is 3. The van der Waals surface area contributed by atoms with Crippen molar-refractivity contribution in [3.8, 4) is 11.3 Å². The molecule has 1 aliphatic carbocycles. The van der Waals surface area contributed by atoms with Gasteiger partial charge in [-0.25, -0.2) is 21.6 Å². The van der Waals surface area contributed by atoms with Crippen molar-refractivity contribution < 1.29 is 35.7 Å². The van der Waals surface area contributed by atoms with Crippen molar-refractivity contribution >= 4 is 38.3 Å². The Morgan fingerprint density at radius 3 is 2.42 bits per heavy atom. The van der Waals surface area contributed by atoms with Crippen molar-refractivity contribution in [1.82, 2.24) is 5.32 Å². The molecule has 5 rings (SSSR count). The maximum Gasteiger partial charge on any atom is 0.278 e. The van der Waals surface area contributed by atoms with Crippen LogP contribution in [0.25, 0.3) is 22.3 Å². The molecular weight excluding hydrogens is 551 g/mol. The molecule has 1 fully saturated rings. The van der Waals surface area contributed by atoms with Gasteiger partial charge in [-0.2, -0.15) is 0 Å². The maximum atomic E-state index is 13.5. The molecule has 4 aromatic rings. The lowest BCUT2D eigenvalue weighted by Gasteiger charge is -2.13. The van der Waals surface area contributed by atoms with Crippen molar-refractivity contribution in [3.05, 3.63) is 92.8 Å². The van der Waals surface area contributed by atoms with Crippen LogP contribution in [0.3, 0.4) is 0 Å². The third-order valence-corrected chi connectivity index (χ3v) is 7.83. The number of nitro groups is 1. The molecule has 1 heterocycles. The predicted molar refractivity (Wildman–Crippen MR) is 141 cm³/mol. The number of hydrogen-bond donors (Lipinski definition) is 2. The van der Waals surface area contributed by atoms with Gasteiger partial charge in [0.2, 0.25) is 10.0 Å². The highest BCUT2D eigenvalue weighted by atomic mass is 32.2. The molecule has 208 valence electrons. The Kier molecular flexibility index (Phi) is 7.00. The molecule has 1 amide bonds. The Balaban J connectivity index is 1.55. The maximum absolute atomic E-state index is 13.5. The van der Waals surface area contributed by atoms with Gasteiger partial charge in [-0.3, -0.25) is 19.6 Å². The number of sulfonamides is 1. The summed E-state index contributed by atoms with van der Waals surface area (Å²) in [5.41, 5.74) is -0.0318. The monoisotopic (exact) mass is 573 g/mol. The van der Waals surface area contributed by atoms with Gasteiger partial charge in [0.15, 0.2) is 0 Å². The molecule has 3 aromatic carbocycles. The molecular formula is C27H22F3N3O6S. The van der Waals surface area contributed by atoms with E-state index in [1.807, 2.05) is 0 Å². The van der Waals surface area contributed by atoms with Crippen LogP contribution in [0.1, 0.15) is 52.2 Å². The second-order valence-electron chi connectivity index (χ2n) is 9.41. The minimum Gasteiger partial charge on any atom is -0.455 e. The Morgan fingerprint density at radius 2 is 1.82 bits per heavy atom. The number of rotatable bonds is 9. The first-order valence-electron chi connectivity index (χ1n) is 12.1. The molecule has 0 unspecified atom stereocenters. The lowest BCUT2D eigenvalue weighted by atomic mass is 10.0. The van der Waals surface area contributed by atoms with Gasteiger partial charge in [-0.1, -0.05) is 6.07 Å². The van der Waals surface area contributed by atoms with E-state index in [4.69, 9.17) is 4.42 Å². The van der Waals surface area contributed by atoms with Crippen LogP contribution in [-0.2, 0) is 15.8 Å². The number of nitrogens with zero attached hydrogens (tertiary/aromatic N) is 1. The number of nitro benzene ring substituents is 1. The quantitative estimate of drug-likeness (QED) is 0.179. The van der Waals surface area contributed by atoms with Crippen LogP contribution >= 0.6 is 0 Å². The number of nitrogens with one attached hydrogen (secondary N) is 2. The van der Waals surface area contributed by atoms with Crippen LogP contribution in [0.4, 0.5) is 24.5 Å².